The smallest absolute Gasteiger partial charge is 0.0401 e. The lowest BCUT2D eigenvalue weighted by Gasteiger charge is -2.08. The number of aryl methyl sites for hydroxylation is 4. The van der Waals surface area contributed by atoms with Crippen LogP contribution in [0.25, 0.3) is 0 Å². The van der Waals surface area contributed by atoms with E-state index in [9.17, 15) is 0 Å². The Morgan fingerprint density at radius 1 is 0.941 bits per heavy atom. The van der Waals surface area contributed by atoms with Gasteiger partial charge in [0.2, 0.25) is 0 Å². The second kappa shape index (κ2) is 4.70. The van der Waals surface area contributed by atoms with E-state index < -0.39 is 0 Å². The Balaban J connectivity index is 2.31. The molecule has 1 aromatic heterocycles. The molecule has 0 fully saturated rings. The Hall–Kier alpha value is -1.63. The van der Waals surface area contributed by atoms with Gasteiger partial charge in [0.25, 0.3) is 0 Å². The number of benzene rings is 1. The summed E-state index contributed by atoms with van der Waals surface area (Å²) in [7, 11) is 0. The van der Waals surface area contributed by atoms with E-state index in [1.807, 2.05) is 6.20 Å². The first-order valence-electron chi connectivity index (χ1n) is 6.04. The van der Waals surface area contributed by atoms with Crippen molar-refractivity contribution < 1.29 is 0 Å². The van der Waals surface area contributed by atoms with Gasteiger partial charge in [-0.15, -0.1) is 0 Å². The van der Waals surface area contributed by atoms with Crippen molar-refractivity contribution >= 4 is 0 Å². The van der Waals surface area contributed by atoms with Gasteiger partial charge in [-0.1, -0.05) is 29.8 Å². The molecule has 1 heterocycles. The van der Waals surface area contributed by atoms with Crippen molar-refractivity contribution in [2.75, 3.05) is 0 Å². The molecule has 0 N–H and O–H groups in total. The molecule has 1 aromatic carbocycles. The predicted octanol–water partition coefficient (Wildman–Crippen LogP) is 3.91. The minimum Gasteiger partial charge on any atom is -0.261 e. The number of aromatic nitrogens is 1. The normalized spacial score (nSPS) is 10.6. The van der Waals surface area contributed by atoms with E-state index in [0.717, 1.165) is 12.1 Å². The van der Waals surface area contributed by atoms with Gasteiger partial charge in [0, 0.05) is 11.9 Å². The van der Waals surface area contributed by atoms with Crippen molar-refractivity contribution in [3.63, 3.8) is 0 Å². The fourth-order valence-electron chi connectivity index (χ4n) is 2.01. The molecule has 1 heteroatoms. The Labute approximate surface area is 104 Å². The quantitative estimate of drug-likeness (QED) is 0.755. The van der Waals surface area contributed by atoms with Crippen molar-refractivity contribution in [2.24, 2.45) is 0 Å². The summed E-state index contributed by atoms with van der Waals surface area (Å²) in [6.45, 7) is 8.48. The van der Waals surface area contributed by atoms with E-state index in [0.29, 0.717) is 0 Å². The molecule has 0 aliphatic heterocycles. The van der Waals surface area contributed by atoms with E-state index in [4.69, 9.17) is 0 Å². The SMILES string of the molecule is Cc1ccc(C)c(Cc2cnc(C)c(C)c2)c1. The van der Waals surface area contributed by atoms with Gasteiger partial charge in [0.15, 0.2) is 0 Å². The molecule has 0 saturated heterocycles. The van der Waals surface area contributed by atoms with Crippen LogP contribution in [0.2, 0.25) is 0 Å². The summed E-state index contributed by atoms with van der Waals surface area (Å²) in [5.74, 6) is 0. The fraction of sp³-hybridized carbons (Fsp3) is 0.312. The molecular formula is C16H19N. The molecule has 17 heavy (non-hydrogen) atoms. The highest BCUT2D eigenvalue weighted by Crippen LogP contribution is 2.16. The van der Waals surface area contributed by atoms with Gasteiger partial charge >= 0.3 is 0 Å². The molecule has 88 valence electrons. The van der Waals surface area contributed by atoms with Crippen LogP contribution in [-0.4, -0.2) is 4.98 Å². The van der Waals surface area contributed by atoms with E-state index in [2.05, 4.69) is 56.9 Å². The maximum absolute atomic E-state index is 4.43. The highest BCUT2D eigenvalue weighted by molar-refractivity contribution is 5.35. The van der Waals surface area contributed by atoms with Crippen LogP contribution < -0.4 is 0 Å². The van der Waals surface area contributed by atoms with Gasteiger partial charge in [0.05, 0.1) is 0 Å². The second-order valence-electron chi connectivity index (χ2n) is 4.85. The summed E-state index contributed by atoms with van der Waals surface area (Å²) in [4.78, 5) is 4.43. The Kier molecular flexibility index (Phi) is 3.28. The predicted molar refractivity (Wildman–Crippen MR) is 72.4 cm³/mol. The zero-order chi connectivity index (χ0) is 12.4. The Bertz CT molecular complexity index is 541. The van der Waals surface area contributed by atoms with Crippen molar-refractivity contribution in [3.8, 4) is 0 Å². The third-order valence-electron chi connectivity index (χ3n) is 3.30. The monoisotopic (exact) mass is 225 g/mol. The summed E-state index contributed by atoms with van der Waals surface area (Å²) >= 11 is 0. The summed E-state index contributed by atoms with van der Waals surface area (Å²) in [6.07, 6.45) is 2.96. The summed E-state index contributed by atoms with van der Waals surface area (Å²) in [6, 6.07) is 8.87. The Morgan fingerprint density at radius 2 is 1.71 bits per heavy atom. The molecule has 0 radical (unpaired) electrons. The lowest BCUT2D eigenvalue weighted by Crippen LogP contribution is -1.96. The third kappa shape index (κ3) is 2.73. The van der Waals surface area contributed by atoms with Crippen LogP contribution in [0.5, 0.6) is 0 Å². The number of hydrogen-bond acceptors (Lipinski definition) is 1. The lowest BCUT2D eigenvalue weighted by atomic mass is 9.98. The standard InChI is InChI=1S/C16H19N/c1-11-5-6-12(2)16(7-11)9-15-8-13(3)14(4)17-10-15/h5-8,10H,9H2,1-4H3. The van der Waals surface area contributed by atoms with Crippen molar-refractivity contribution in [3.05, 3.63) is 64.0 Å². The summed E-state index contributed by atoms with van der Waals surface area (Å²) < 4.78 is 0. The molecule has 0 bridgehead atoms. The molecular weight excluding hydrogens is 206 g/mol. The molecule has 1 nitrogen and oxygen atoms in total. The first-order valence-corrected chi connectivity index (χ1v) is 6.04. The highest BCUT2D eigenvalue weighted by Gasteiger charge is 2.02. The summed E-state index contributed by atoms with van der Waals surface area (Å²) in [5, 5.41) is 0. The van der Waals surface area contributed by atoms with Crippen molar-refractivity contribution in [1.29, 1.82) is 0 Å². The minimum absolute atomic E-state index is 0.974. The molecule has 2 aromatic rings. The number of hydrogen-bond donors (Lipinski definition) is 0. The van der Waals surface area contributed by atoms with Crippen LogP contribution in [0.15, 0.2) is 30.5 Å². The van der Waals surface area contributed by atoms with Gasteiger partial charge in [-0.05, 0) is 56.4 Å². The molecule has 0 unspecified atom stereocenters. The molecule has 0 amide bonds. The maximum atomic E-state index is 4.43. The van der Waals surface area contributed by atoms with Crippen LogP contribution in [-0.2, 0) is 6.42 Å². The molecule has 0 atom stereocenters. The molecule has 0 spiro atoms. The van der Waals surface area contributed by atoms with E-state index in [1.54, 1.807) is 0 Å². The first kappa shape index (κ1) is 11.8. The minimum atomic E-state index is 0.974. The van der Waals surface area contributed by atoms with Crippen LogP contribution >= 0.6 is 0 Å². The van der Waals surface area contributed by atoms with Gasteiger partial charge in [-0.25, -0.2) is 0 Å². The fourth-order valence-corrected chi connectivity index (χ4v) is 2.01. The molecule has 0 saturated carbocycles. The zero-order valence-corrected chi connectivity index (χ0v) is 11.0. The topological polar surface area (TPSA) is 12.9 Å². The lowest BCUT2D eigenvalue weighted by molar-refractivity contribution is 1.07. The zero-order valence-electron chi connectivity index (χ0n) is 11.0. The van der Waals surface area contributed by atoms with Crippen molar-refractivity contribution in [1.82, 2.24) is 4.98 Å². The highest BCUT2D eigenvalue weighted by atomic mass is 14.7. The average molecular weight is 225 g/mol. The van der Waals surface area contributed by atoms with Gasteiger partial charge in [0.1, 0.15) is 0 Å². The Morgan fingerprint density at radius 3 is 2.41 bits per heavy atom. The average Bonchev–Trinajstić information content (AvgIpc) is 2.29. The second-order valence-corrected chi connectivity index (χ2v) is 4.85. The van der Waals surface area contributed by atoms with Crippen molar-refractivity contribution in [2.45, 2.75) is 34.1 Å². The first-order chi connectivity index (χ1) is 8.06. The maximum Gasteiger partial charge on any atom is 0.0401 e. The van der Waals surface area contributed by atoms with E-state index in [-0.39, 0.29) is 0 Å². The number of nitrogens with zero attached hydrogens (tertiary/aromatic N) is 1. The van der Waals surface area contributed by atoms with Crippen LogP contribution in [0.4, 0.5) is 0 Å². The largest absolute Gasteiger partial charge is 0.261 e. The van der Waals surface area contributed by atoms with E-state index in [1.165, 1.54) is 27.8 Å². The van der Waals surface area contributed by atoms with Gasteiger partial charge < -0.3 is 0 Å². The van der Waals surface area contributed by atoms with Gasteiger partial charge in [-0.2, -0.15) is 0 Å². The van der Waals surface area contributed by atoms with Crippen LogP contribution in [0.1, 0.15) is 33.5 Å². The number of pyridine rings is 1. The summed E-state index contributed by atoms with van der Waals surface area (Å²) in [5.41, 5.74) is 7.76. The molecule has 2 rings (SSSR count). The van der Waals surface area contributed by atoms with E-state index >= 15 is 0 Å². The molecule has 0 aliphatic rings. The third-order valence-corrected chi connectivity index (χ3v) is 3.30. The van der Waals surface area contributed by atoms with Gasteiger partial charge in [-0.3, -0.25) is 4.98 Å². The van der Waals surface area contributed by atoms with Crippen LogP contribution in [0, 0.1) is 27.7 Å². The molecule has 0 aliphatic carbocycles. The van der Waals surface area contributed by atoms with Crippen LogP contribution in [0.3, 0.4) is 0 Å². The number of rotatable bonds is 2.